The normalized spacial score (nSPS) is 15.7. The molecule has 0 saturated carbocycles. The van der Waals surface area contributed by atoms with Gasteiger partial charge in [-0.05, 0) is 36.4 Å². The maximum Gasteiger partial charge on any atom is 0.254 e. The maximum absolute atomic E-state index is 12.9. The molecule has 0 radical (unpaired) electrons. The Morgan fingerprint density at radius 3 is 2.48 bits per heavy atom. The number of quaternary nitrogens is 1. The zero-order valence-corrected chi connectivity index (χ0v) is 14.4. The SMILES string of the molecule is O=C(c1ccc(F)cc1)N1CC[NH+](Cc2cccc(Br)c2)CC1. The summed E-state index contributed by atoms with van der Waals surface area (Å²) in [6, 6.07) is 14.1. The fourth-order valence-corrected chi connectivity index (χ4v) is 3.36. The summed E-state index contributed by atoms with van der Waals surface area (Å²) >= 11 is 3.50. The van der Waals surface area contributed by atoms with E-state index in [2.05, 4.69) is 28.1 Å². The maximum atomic E-state index is 12.9. The minimum Gasteiger partial charge on any atom is -0.328 e. The number of rotatable bonds is 3. The Morgan fingerprint density at radius 1 is 1.13 bits per heavy atom. The monoisotopic (exact) mass is 377 g/mol. The Balaban J connectivity index is 1.55. The number of halogens is 2. The average molecular weight is 378 g/mol. The lowest BCUT2D eigenvalue weighted by atomic mass is 10.1. The second kappa shape index (κ2) is 7.23. The number of carbonyl (C=O) groups is 1. The van der Waals surface area contributed by atoms with Crippen molar-refractivity contribution in [3.8, 4) is 0 Å². The van der Waals surface area contributed by atoms with Gasteiger partial charge in [-0.25, -0.2) is 4.39 Å². The number of nitrogens with zero attached hydrogens (tertiary/aromatic N) is 1. The fraction of sp³-hybridized carbons (Fsp3) is 0.278. The minimum atomic E-state index is -0.315. The van der Waals surface area contributed by atoms with E-state index in [4.69, 9.17) is 0 Å². The first-order valence-corrected chi connectivity index (χ1v) is 8.54. The van der Waals surface area contributed by atoms with Gasteiger partial charge in [0.2, 0.25) is 0 Å². The second-order valence-electron chi connectivity index (χ2n) is 5.86. The van der Waals surface area contributed by atoms with Crippen molar-refractivity contribution in [2.24, 2.45) is 0 Å². The Labute approximate surface area is 143 Å². The molecule has 120 valence electrons. The average Bonchev–Trinajstić information content (AvgIpc) is 2.56. The number of carbonyl (C=O) groups excluding carboxylic acids is 1. The molecule has 2 aromatic rings. The van der Waals surface area contributed by atoms with Gasteiger partial charge in [0.1, 0.15) is 12.4 Å². The van der Waals surface area contributed by atoms with Crippen molar-refractivity contribution < 1.29 is 14.1 Å². The molecule has 1 heterocycles. The zero-order valence-electron chi connectivity index (χ0n) is 12.8. The fourth-order valence-electron chi connectivity index (χ4n) is 2.91. The highest BCUT2D eigenvalue weighted by atomic mass is 79.9. The molecule has 1 saturated heterocycles. The van der Waals surface area contributed by atoms with Crippen LogP contribution in [0.4, 0.5) is 4.39 Å². The first-order chi connectivity index (χ1) is 11.1. The lowest BCUT2D eigenvalue weighted by Gasteiger charge is -2.32. The van der Waals surface area contributed by atoms with Crippen LogP contribution in [0.3, 0.4) is 0 Å². The molecule has 3 nitrogen and oxygen atoms in total. The molecule has 1 fully saturated rings. The van der Waals surface area contributed by atoms with E-state index in [0.717, 1.165) is 37.2 Å². The Hall–Kier alpha value is -1.72. The number of hydrogen-bond acceptors (Lipinski definition) is 1. The van der Waals surface area contributed by atoms with Crippen LogP contribution in [0.25, 0.3) is 0 Å². The van der Waals surface area contributed by atoms with E-state index < -0.39 is 0 Å². The first kappa shape index (κ1) is 16.1. The Morgan fingerprint density at radius 2 is 1.83 bits per heavy atom. The third-order valence-electron chi connectivity index (χ3n) is 4.19. The third kappa shape index (κ3) is 4.18. The number of amides is 1. The van der Waals surface area contributed by atoms with Crippen molar-refractivity contribution in [2.45, 2.75) is 6.54 Å². The molecule has 0 spiro atoms. The van der Waals surface area contributed by atoms with E-state index in [9.17, 15) is 9.18 Å². The predicted octanol–water partition coefficient (Wildman–Crippen LogP) is 2.13. The number of hydrogen-bond donors (Lipinski definition) is 1. The van der Waals surface area contributed by atoms with Crippen LogP contribution >= 0.6 is 15.9 Å². The van der Waals surface area contributed by atoms with Gasteiger partial charge in [0.25, 0.3) is 5.91 Å². The quantitative estimate of drug-likeness (QED) is 0.870. The van der Waals surface area contributed by atoms with E-state index >= 15 is 0 Å². The number of nitrogens with one attached hydrogen (secondary N) is 1. The molecule has 1 N–H and O–H groups in total. The van der Waals surface area contributed by atoms with E-state index in [1.54, 1.807) is 12.1 Å². The highest BCUT2D eigenvalue weighted by molar-refractivity contribution is 9.10. The van der Waals surface area contributed by atoms with Crippen LogP contribution in [-0.4, -0.2) is 37.0 Å². The smallest absolute Gasteiger partial charge is 0.254 e. The van der Waals surface area contributed by atoms with Crippen molar-refractivity contribution in [3.63, 3.8) is 0 Å². The van der Waals surface area contributed by atoms with Crippen molar-refractivity contribution in [1.82, 2.24) is 4.90 Å². The van der Waals surface area contributed by atoms with E-state index in [1.807, 2.05) is 17.0 Å². The van der Waals surface area contributed by atoms with Gasteiger partial charge in [0.05, 0.1) is 26.2 Å². The van der Waals surface area contributed by atoms with Crippen LogP contribution in [0.5, 0.6) is 0 Å². The molecule has 1 amide bonds. The molecule has 1 aliphatic heterocycles. The molecule has 1 aliphatic rings. The van der Waals surface area contributed by atoms with Crippen molar-refractivity contribution in [3.05, 3.63) is 69.9 Å². The number of benzene rings is 2. The van der Waals surface area contributed by atoms with Crippen LogP contribution < -0.4 is 4.90 Å². The highest BCUT2D eigenvalue weighted by Gasteiger charge is 2.24. The van der Waals surface area contributed by atoms with Gasteiger partial charge in [-0.3, -0.25) is 4.79 Å². The van der Waals surface area contributed by atoms with E-state index in [1.165, 1.54) is 22.6 Å². The minimum absolute atomic E-state index is 0.00787. The lowest BCUT2D eigenvalue weighted by Crippen LogP contribution is -3.13. The van der Waals surface area contributed by atoms with Crippen molar-refractivity contribution >= 4 is 21.8 Å². The summed E-state index contributed by atoms with van der Waals surface area (Å²) < 4.78 is 14.0. The summed E-state index contributed by atoms with van der Waals surface area (Å²) in [5.41, 5.74) is 1.86. The summed E-state index contributed by atoms with van der Waals surface area (Å²) in [4.78, 5) is 15.7. The molecule has 0 aromatic heterocycles. The van der Waals surface area contributed by atoms with Gasteiger partial charge in [-0.15, -0.1) is 0 Å². The van der Waals surface area contributed by atoms with E-state index in [0.29, 0.717) is 5.56 Å². The molecule has 0 unspecified atom stereocenters. The van der Waals surface area contributed by atoms with Gasteiger partial charge < -0.3 is 9.80 Å². The molecule has 23 heavy (non-hydrogen) atoms. The van der Waals surface area contributed by atoms with Crippen molar-refractivity contribution in [2.75, 3.05) is 26.2 Å². The van der Waals surface area contributed by atoms with Crippen LogP contribution in [-0.2, 0) is 6.54 Å². The topological polar surface area (TPSA) is 24.8 Å². The van der Waals surface area contributed by atoms with E-state index in [-0.39, 0.29) is 11.7 Å². The molecule has 0 aliphatic carbocycles. The summed E-state index contributed by atoms with van der Waals surface area (Å²) in [7, 11) is 0. The Kier molecular flexibility index (Phi) is 5.08. The predicted molar refractivity (Wildman–Crippen MR) is 90.8 cm³/mol. The molecule has 5 heteroatoms. The van der Waals surface area contributed by atoms with Crippen LogP contribution in [0.15, 0.2) is 53.0 Å². The standard InChI is InChI=1S/C18H18BrFN2O/c19-16-3-1-2-14(12-16)13-21-8-10-22(11-9-21)18(23)15-4-6-17(20)7-5-15/h1-7,12H,8-11,13H2/p+1. The lowest BCUT2D eigenvalue weighted by molar-refractivity contribution is -0.917. The molecular formula is C18H19BrFN2O+. The third-order valence-corrected chi connectivity index (χ3v) is 4.69. The van der Waals surface area contributed by atoms with Crippen LogP contribution in [0, 0.1) is 5.82 Å². The molecule has 2 aromatic carbocycles. The summed E-state index contributed by atoms with van der Waals surface area (Å²) in [5.74, 6) is -0.323. The van der Waals surface area contributed by atoms with Crippen LogP contribution in [0.1, 0.15) is 15.9 Å². The van der Waals surface area contributed by atoms with Gasteiger partial charge in [0, 0.05) is 15.6 Å². The first-order valence-electron chi connectivity index (χ1n) is 7.75. The molecule has 3 rings (SSSR count). The Bertz CT molecular complexity index is 682. The second-order valence-corrected chi connectivity index (χ2v) is 6.77. The van der Waals surface area contributed by atoms with Gasteiger partial charge in [0.15, 0.2) is 0 Å². The summed E-state index contributed by atoms with van der Waals surface area (Å²) in [6.45, 7) is 4.30. The number of piperazine rings is 1. The van der Waals surface area contributed by atoms with Gasteiger partial charge in [-0.1, -0.05) is 28.1 Å². The zero-order chi connectivity index (χ0) is 16.2. The largest absolute Gasteiger partial charge is 0.328 e. The van der Waals surface area contributed by atoms with Gasteiger partial charge in [-0.2, -0.15) is 0 Å². The molecular weight excluding hydrogens is 359 g/mol. The van der Waals surface area contributed by atoms with Gasteiger partial charge >= 0.3 is 0 Å². The summed E-state index contributed by atoms with van der Waals surface area (Å²) in [5, 5.41) is 0. The van der Waals surface area contributed by atoms with Crippen LogP contribution in [0.2, 0.25) is 0 Å². The highest BCUT2D eigenvalue weighted by Crippen LogP contribution is 2.11. The summed E-state index contributed by atoms with van der Waals surface area (Å²) in [6.07, 6.45) is 0. The molecule has 0 atom stereocenters. The molecule has 0 bridgehead atoms. The van der Waals surface area contributed by atoms with Crippen molar-refractivity contribution in [1.29, 1.82) is 0 Å².